The molecule has 6 nitrogen and oxygen atoms in total. The first kappa shape index (κ1) is 16.9. The lowest BCUT2D eigenvalue weighted by molar-refractivity contribution is 0.0649. The number of ether oxygens (including phenoxy) is 1. The van der Waals surface area contributed by atoms with E-state index in [1.54, 1.807) is 13.0 Å². The van der Waals surface area contributed by atoms with Gasteiger partial charge in [-0.2, -0.15) is 0 Å². The quantitative estimate of drug-likeness (QED) is 0.704. The van der Waals surface area contributed by atoms with E-state index in [0.29, 0.717) is 40.4 Å². The first-order chi connectivity index (χ1) is 11.8. The molecule has 3 heterocycles. The van der Waals surface area contributed by atoms with Gasteiger partial charge in [0.2, 0.25) is 0 Å². The van der Waals surface area contributed by atoms with Crippen molar-refractivity contribution in [3.05, 3.63) is 38.2 Å². The molecule has 134 valence electrons. The van der Waals surface area contributed by atoms with E-state index in [0.717, 1.165) is 10.9 Å². The van der Waals surface area contributed by atoms with Gasteiger partial charge in [0.05, 0.1) is 22.1 Å². The summed E-state index contributed by atoms with van der Waals surface area (Å²) in [7, 11) is -2.99. The summed E-state index contributed by atoms with van der Waals surface area (Å²) in [5.74, 6) is 0.842. The van der Waals surface area contributed by atoms with Gasteiger partial charge in [0.1, 0.15) is 18.1 Å². The second kappa shape index (κ2) is 5.72. The molecule has 0 spiro atoms. The van der Waals surface area contributed by atoms with Crippen LogP contribution in [0.1, 0.15) is 23.1 Å². The average molecular weight is 384 g/mol. The van der Waals surface area contributed by atoms with E-state index >= 15 is 0 Å². The Morgan fingerprint density at radius 2 is 2.04 bits per heavy atom. The smallest absolute Gasteiger partial charge is 0.339 e. The highest BCUT2D eigenvalue weighted by atomic mass is 35.5. The molecular formula is C17H18ClNO5S. The third-order valence-corrected chi connectivity index (χ3v) is 7.24. The number of fused-ring (bicyclic) bond motifs is 3. The predicted molar refractivity (Wildman–Crippen MR) is 95.1 cm³/mol. The third kappa shape index (κ3) is 2.74. The zero-order valence-corrected chi connectivity index (χ0v) is 15.5. The van der Waals surface area contributed by atoms with E-state index in [-0.39, 0.29) is 29.9 Å². The summed E-state index contributed by atoms with van der Waals surface area (Å²) in [4.78, 5) is 14.1. The molecule has 1 atom stereocenters. The lowest BCUT2D eigenvalue weighted by atomic mass is 10.0. The molecule has 1 aromatic carbocycles. The Bertz CT molecular complexity index is 1040. The number of hydrogen-bond acceptors (Lipinski definition) is 6. The molecular weight excluding hydrogens is 366 g/mol. The van der Waals surface area contributed by atoms with Crippen LogP contribution >= 0.6 is 11.6 Å². The molecule has 0 amide bonds. The van der Waals surface area contributed by atoms with Gasteiger partial charge in [0.15, 0.2) is 9.84 Å². The number of sulfone groups is 1. The Hall–Kier alpha value is -1.57. The first-order valence-electron chi connectivity index (χ1n) is 8.09. The van der Waals surface area contributed by atoms with Crippen LogP contribution in [0.5, 0.6) is 5.75 Å². The number of benzene rings is 1. The van der Waals surface area contributed by atoms with E-state index < -0.39 is 9.84 Å². The summed E-state index contributed by atoms with van der Waals surface area (Å²) in [6, 6.07) is 1.67. The highest BCUT2D eigenvalue weighted by Gasteiger charge is 2.35. The molecule has 0 radical (unpaired) electrons. The van der Waals surface area contributed by atoms with Crippen molar-refractivity contribution in [3.8, 4) is 5.75 Å². The summed E-state index contributed by atoms with van der Waals surface area (Å²) in [5, 5.41) is 1.25. The van der Waals surface area contributed by atoms with Crippen molar-refractivity contribution in [1.82, 2.24) is 4.90 Å². The molecule has 2 aliphatic heterocycles. The Morgan fingerprint density at radius 1 is 1.28 bits per heavy atom. The highest BCUT2D eigenvalue weighted by Crippen LogP contribution is 2.40. The minimum atomic E-state index is -2.99. The van der Waals surface area contributed by atoms with Gasteiger partial charge < -0.3 is 9.15 Å². The molecule has 4 rings (SSSR count). The monoisotopic (exact) mass is 383 g/mol. The van der Waals surface area contributed by atoms with Crippen molar-refractivity contribution < 1.29 is 17.6 Å². The van der Waals surface area contributed by atoms with E-state index in [1.807, 2.05) is 11.8 Å². The topological polar surface area (TPSA) is 76.8 Å². The summed E-state index contributed by atoms with van der Waals surface area (Å²) in [6.07, 6.45) is 0.585. The number of hydrogen-bond donors (Lipinski definition) is 0. The maximum atomic E-state index is 12.1. The van der Waals surface area contributed by atoms with Gasteiger partial charge in [0, 0.05) is 23.5 Å². The van der Waals surface area contributed by atoms with E-state index in [4.69, 9.17) is 20.8 Å². The summed E-state index contributed by atoms with van der Waals surface area (Å²) in [6.45, 7) is 4.30. The lowest BCUT2D eigenvalue weighted by Crippen LogP contribution is -2.41. The van der Waals surface area contributed by atoms with Gasteiger partial charge in [-0.3, -0.25) is 4.90 Å². The van der Waals surface area contributed by atoms with Gasteiger partial charge >= 0.3 is 5.63 Å². The molecule has 2 aromatic rings. The Morgan fingerprint density at radius 3 is 2.72 bits per heavy atom. The zero-order chi connectivity index (χ0) is 17.9. The van der Waals surface area contributed by atoms with E-state index in [2.05, 4.69) is 0 Å². The predicted octanol–water partition coefficient (Wildman–Crippen LogP) is 2.40. The highest BCUT2D eigenvalue weighted by molar-refractivity contribution is 7.91. The van der Waals surface area contributed by atoms with Crippen molar-refractivity contribution in [1.29, 1.82) is 0 Å². The molecule has 0 saturated carbocycles. The van der Waals surface area contributed by atoms with Crippen LogP contribution in [0, 0.1) is 13.8 Å². The van der Waals surface area contributed by atoms with Crippen LogP contribution < -0.4 is 10.4 Å². The number of rotatable bonds is 1. The van der Waals surface area contributed by atoms with Crippen LogP contribution in [-0.2, 0) is 16.4 Å². The summed E-state index contributed by atoms with van der Waals surface area (Å²) >= 11 is 6.38. The fourth-order valence-corrected chi connectivity index (χ4v) is 5.62. The first-order valence-corrected chi connectivity index (χ1v) is 10.3. The standard InChI is InChI=1S/C17H18ClNO5S/c1-9-10(2)17(20)24-15-12(9)5-14(18)16-13(15)6-19(8-23-16)11-3-4-25(21,22)7-11/h5,11H,3-4,6-8H2,1-2H3/t11-/m0/s1. The van der Waals surface area contributed by atoms with Crippen LogP contribution in [0.25, 0.3) is 11.0 Å². The van der Waals surface area contributed by atoms with Crippen LogP contribution in [0.4, 0.5) is 0 Å². The minimum Gasteiger partial charge on any atom is -0.476 e. The van der Waals surface area contributed by atoms with Crippen molar-refractivity contribution in [2.24, 2.45) is 0 Å². The third-order valence-electron chi connectivity index (χ3n) is 5.21. The fourth-order valence-electron chi connectivity index (χ4n) is 3.58. The molecule has 0 unspecified atom stereocenters. The Balaban J connectivity index is 1.83. The fraction of sp³-hybridized carbons (Fsp3) is 0.471. The van der Waals surface area contributed by atoms with Gasteiger partial charge in [-0.15, -0.1) is 0 Å². The SMILES string of the molecule is Cc1c(C)c2cc(Cl)c3c(c2oc1=O)CN([C@H]1CCS(=O)(=O)C1)CO3. The molecule has 0 aliphatic carbocycles. The van der Waals surface area contributed by atoms with Gasteiger partial charge in [0.25, 0.3) is 0 Å². The van der Waals surface area contributed by atoms with Crippen molar-refractivity contribution in [2.45, 2.75) is 32.9 Å². The van der Waals surface area contributed by atoms with Crippen LogP contribution in [0.15, 0.2) is 15.3 Å². The molecule has 1 saturated heterocycles. The largest absolute Gasteiger partial charge is 0.476 e. The van der Waals surface area contributed by atoms with E-state index in [1.165, 1.54) is 0 Å². The number of nitrogens with zero attached hydrogens (tertiary/aromatic N) is 1. The number of aryl methyl sites for hydroxylation is 1. The summed E-state index contributed by atoms with van der Waals surface area (Å²) in [5.41, 5.74) is 2.18. The molecule has 0 N–H and O–H groups in total. The van der Waals surface area contributed by atoms with Gasteiger partial charge in [-0.05, 0) is 31.9 Å². The maximum absolute atomic E-state index is 12.1. The normalized spacial score (nSPS) is 22.8. The molecule has 1 fully saturated rings. The average Bonchev–Trinajstić information content (AvgIpc) is 2.94. The van der Waals surface area contributed by atoms with Gasteiger partial charge in [-0.25, -0.2) is 13.2 Å². The van der Waals surface area contributed by atoms with Crippen molar-refractivity contribution in [2.75, 3.05) is 18.2 Å². The Kier molecular flexibility index (Phi) is 3.86. The second-order valence-electron chi connectivity index (χ2n) is 6.76. The molecule has 1 aromatic heterocycles. The maximum Gasteiger partial charge on any atom is 0.339 e. The summed E-state index contributed by atoms with van der Waals surface area (Å²) < 4.78 is 34.9. The molecule has 25 heavy (non-hydrogen) atoms. The van der Waals surface area contributed by atoms with Crippen LogP contribution in [0.2, 0.25) is 5.02 Å². The zero-order valence-electron chi connectivity index (χ0n) is 14.0. The van der Waals surface area contributed by atoms with Crippen LogP contribution in [0.3, 0.4) is 0 Å². The van der Waals surface area contributed by atoms with Crippen molar-refractivity contribution >= 4 is 32.4 Å². The molecule has 8 heteroatoms. The molecule has 2 aliphatic rings. The van der Waals surface area contributed by atoms with Crippen LogP contribution in [-0.4, -0.2) is 37.6 Å². The van der Waals surface area contributed by atoms with Gasteiger partial charge in [-0.1, -0.05) is 11.6 Å². The van der Waals surface area contributed by atoms with Crippen molar-refractivity contribution in [3.63, 3.8) is 0 Å². The number of halogens is 1. The lowest BCUT2D eigenvalue weighted by Gasteiger charge is -2.33. The van der Waals surface area contributed by atoms with E-state index in [9.17, 15) is 13.2 Å². The second-order valence-corrected chi connectivity index (χ2v) is 9.40. The Labute approximate surface area is 150 Å². The molecule has 0 bridgehead atoms. The minimum absolute atomic E-state index is 0.0922.